The zero-order valence-electron chi connectivity index (χ0n) is 9.92. The lowest BCUT2D eigenvalue weighted by atomic mass is 10.1. The van der Waals surface area contributed by atoms with Crippen LogP contribution in [0.15, 0.2) is 53.5 Å². The molecular weight excluding hydrogens is 245 g/mol. The molecule has 1 heterocycles. The van der Waals surface area contributed by atoms with Gasteiger partial charge in [0.1, 0.15) is 5.82 Å². The molecule has 3 nitrogen and oxygen atoms in total. The maximum atomic E-state index is 13.7. The van der Waals surface area contributed by atoms with Gasteiger partial charge in [0.05, 0.1) is 11.3 Å². The Kier molecular flexibility index (Phi) is 2.83. The summed E-state index contributed by atoms with van der Waals surface area (Å²) in [6.07, 6.45) is -0.372. The Morgan fingerprint density at radius 2 is 1.89 bits per heavy atom. The van der Waals surface area contributed by atoms with E-state index in [1.165, 1.54) is 6.07 Å². The fourth-order valence-corrected chi connectivity index (χ4v) is 2.03. The Balaban J connectivity index is 2.14. The van der Waals surface area contributed by atoms with Gasteiger partial charge in [0.25, 0.3) is 0 Å². The lowest BCUT2D eigenvalue weighted by molar-refractivity contribution is -0.114. The van der Waals surface area contributed by atoms with E-state index in [1.54, 1.807) is 12.1 Å². The smallest absolute Gasteiger partial charge is 0.222 e. The van der Waals surface area contributed by atoms with Crippen LogP contribution in [0.3, 0.4) is 0 Å². The molecule has 2 aromatic carbocycles. The average molecular weight is 255 g/mol. The minimum Gasteiger partial charge on any atom is -0.461 e. The largest absolute Gasteiger partial charge is 0.461 e. The van der Waals surface area contributed by atoms with Crippen LogP contribution in [-0.2, 0) is 9.53 Å². The molecule has 0 saturated heterocycles. The van der Waals surface area contributed by atoms with Crippen molar-refractivity contribution in [3.8, 4) is 0 Å². The molecule has 0 bridgehead atoms. The van der Waals surface area contributed by atoms with Crippen LogP contribution in [-0.4, -0.2) is 12.2 Å². The SMILES string of the molecule is O=CC1OC(c2ccccc2)=Nc2cccc(F)c21. The van der Waals surface area contributed by atoms with E-state index >= 15 is 0 Å². The number of aldehydes is 1. The quantitative estimate of drug-likeness (QED) is 0.773. The van der Waals surface area contributed by atoms with E-state index < -0.39 is 11.9 Å². The highest BCUT2D eigenvalue weighted by atomic mass is 19.1. The number of ether oxygens (including phenoxy) is 1. The van der Waals surface area contributed by atoms with E-state index in [-0.39, 0.29) is 5.56 Å². The summed E-state index contributed by atoms with van der Waals surface area (Å²) in [5.41, 5.74) is 1.38. The fourth-order valence-electron chi connectivity index (χ4n) is 2.03. The monoisotopic (exact) mass is 255 g/mol. The van der Waals surface area contributed by atoms with Gasteiger partial charge >= 0.3 is 0 Å². The van der Waals surface area contributed by atoms with Crippen LogP contribution in [0.2, 0.25) is 0 Å². The van der Waals surface area contributed by atoms with E-state index in [2.05, 4.69) is 4.99 Å². The van der Waals surface area contributed by atoms with Crippen LogP contribution < -0.4 is 0 Å². The van der Waals surface area contributed by atoms with E-state index in [0.717, 1.165) is 5.56 Å². The van der Waals surface area contributed by atoms with Crippen molar-refractivity contribution >= 4 is 17.9 Å². The topological polar surface area (TPSA) is 38.7 Å². The molecule has 2 aromatic rings. The van der Waals surface area contributed by atoms with Crippen molar-refractivity contribution in [2.24, 2.45) is 4.99 Å². The highest BCUT2D eigenvalue weighted by Gasteiger charge is 2.27. The first-order valence-electron chi connectivity index (χ1n) is 5.84. The molecule has 0 amide bonds. The lowest BCUT2D eigenvalue weighted by Crippen LogP contribution is -2.18. The number of rotatable bonds is 2. The Morgan fingerprint density at radius 1 is 1.11 bits per heavy atom. The van der Waals surface area contributed by atoms with Crippen molar-refractivity contribution in [1.82, 2.24) is 0 Å². The summed E-state index contributed by atoms with van der Waals surface area (Å²) in [6, 6.07) is 13.7. The molecular formula is C15H10FNO2. The maximum Gasteiger partial charge on any atom is 0.222 e. The Hall–Kier alpha value is -2.49. The summed E-state index contributed by atoms with van der Waals surface area (Å²) < 4.78 is 19.2. The second-order valence-electron chi connectivity index (χ2n) is 4.13. The number of carbonyl (C=O) groups is 1. The van der Waals surface area contributed by atoms with Gasteiger partial charge < -0.3 is 4.74 Å². The van der Waals surface area contributed by atoms with Crippen molar-refractivity contribution in [2.75, 3.05) is 0 Å². The minimum absolute atomic E-state index is 0.192. The first-order valence-corrected chi connectivity index (χ1v) is 5.84. The predicted octanol–water partition coefficient (Wildman–Crippen LogP) is 3.17. The third-order valence-corrected chi connectivity index (χ3v) is 2.92. The molecule has 19 heavy (non-hydrogen) atoms. The summed E-state index contributed by atoms with van der Waals surface area (Å²) in [7, 11) is 0. The summed E-state index contributed by atoms with van der Waals surface area (Å²) in [4.78, 5) is 15.4. The number of hydrogen-bond donors (Lipinski definition) is 0. The van der Waals surface area contributed by atoms with Gasteiger partial charge in [0, 0.05) is 5.56 Å². The molecule has 1 atom stereocenters. The number of benzene rings is 2. The van der Waals surface area contributed by atoms with E-state index in [9.17, 15) is 9.18 Å². The van der Waals surface area contributed by atoms with E-state index in [4.69, 9.17) is 4.74 Å². The number of aliphatic imine (C=N–C) groups is 1. The Bertz CT molecular complexity index is 652. The fraction of sp³-hybridized carbons (Fsp3) is 0.0667. The van der Waals surface area contributed by atoms with Gasteiger partial charge in [-0.3, -0.25) is 4.79 Å². The average Bonchev–Trinajstić information content (AvgIpc) is 2.47. The third kappa shape index (κ3) is 2.01. The number of fused-ring (bicyclic) bond motifs is 1. The van der Waals surface area contributed by atoms with Gasteiger partial charge in [-0.15, -0.1) is 0 Å². The molecule has 3 rings (SSSR count). The van der Waals surface area contributed by atoms with Gasteiger partial charge in [-0.2, -0.15) is 0 Å². The van der Waals surface area contributed by atoms with Crippen molar-refractivity contribution in [1.29, 1.82) is 0 Å². The van der Waals surface area contributed by atoms with E-state index in [0.29, 0.717) is 17.9 Å². The molecule has 94 valence electrons. The molecule has 0 spiro atoms. The summed E-state index contributed by atoms with van der Waals surface area (Å²) in [6.45, 7) is 0. The van der Waals surface area contributed by atoms with Gasteiger partial charge in [-0.25, -0.2) is 9.38 Å². The van der Waals surface area contributed by atoms with Crippen molar-refractivity contribution in [3.63, 3.8) is 0 Å². The molecule has 1 aliphatic heterocycles. The predicted molar refractivity (Wildman–Crippen MR) is 68.9 cm³/mol. The normalized spacial score (nSPS) is 17.1. The van der Waals surface area contributed by atoms with Crippen molar-refractivity contribution in [3.05, 3.63) is 65.5 Å². The second-order valence-corrected chi connectivity index (χ2v) is 4.13. The van der Waals surface area contributed by atoms with Crippen LogP contribution >= 0.6 is 0 Å². The zero-order valence-corrected chi connectivity index (χ0v) is 9.92. The molecule has 0 fully saturated rings. The van der Waals surface area contributed by atoms with Gasteiger partial charge in [-0.1, -0.05) is 24.3 Å². The third-order valence-electron chi connectivity index (χ3n) is 2.92. The standard InChI is InChI=1S/C15H10FNO2/c16-11-7-4-8-12-14(11)13(9-18)19-15(17-12)10-5-2-1-3-6-10/h1-9,13H. The molecule has 0 aromatic heterocycles. The first-order chi connectivity index (χ1) is 9.29. The highest BCUT2D eigenvalue weighted by Crippen LogP contribution is 2.34. The molecule has 0 N–H and O–H groups in total. The summed E-state index contributed by atoms with van der Waals surface area (Å²) in [5.74, 6) is -0.152. The minimum atomic E-state index is -0.955. The Morgan fingerprint density at radius 3 is 2.63 bits per heavy atom. The number of carbonyl (C=O) groups excluding carboxylic acids is 1. The zero-order chi connectivity index (χ0) is 13.2. The van der Waals surface area contributed by atoms with Crippen molar-refractivity contribution < 1.29 is 13.9 Å². The molecule has 0 saturated carbocycles. The second kappa shape index (κ2) is 4.65. The van der Waals surface area contributed by atoms with Crippen molar-refractivity contribution in [2.45, 2.75) is 6.10 Å². The maximum absolute atomic E-state index is 13.7. The van der Waals surface area contributed by atoms with Crippen LogP contribution in [0.25, 0.3) is 0 Å². The molecule has 1 aliphatic rings. The van der Waals surface area contributed by atoms with Gasteiger partial charge in [0.2, 0.25) is 5.90 Å². The van der Waals surface area contributed by atoms with Crippen LogP contribution in [0.4, 0.5) is 10.1 Å². The molecule has 1 unspecified atom stereocenters. The Labute approximate surface area is 109 Å². The van der Waals surface area contributed by atoms with Crippen LogP contribution in [0.5, 0.6) is 0 Å². The number of nitrogens with zero attached hydrogens (tertiary/aromatic N) is 1. The molecule has 0 aliphatic carbocycles. The number of halogens is 1. The highest BCUT2D eigenvalue weighted by molar-refractivity contribution is 5.98. The van der Waals surface area contributed by atoms with Gasteiger partial charge in [-0.05, 0) is 24.3 Å². The molecule has 4 heteroatoms. The summed E-state index contributed by atoms with van der Waals surface area (Å²) in [5, 5.41) is 0. The van der Waals surface area contributed by atoms with Gasteiger partial charge in [0.15, 0.2) is 12.4 Å². The van der Waals surface area contributed by atoms with Crippen LogP contribution in [0.1, 0.15) is 17.2 Å². The molecule has 0 radical (unpaired) electrons. The summed E-state index contributed by atoms with van der Waals surface area (Å²) >= 11 is 0. The van der Waals surface area contributed by atoms with E-state index in [1.807, 2.05) is 30.3 Å². The lowest BCUT2D eigenvalue weighted by Gasteiger charge is -2.22. The number of hydrogen-bond acceptors (Lipinski definition) is 3. The van der Waals surface area contributed by atoms with Crippen LogP contribution in [0, 0.1) is 5.82 Å². The first kappa shape index (κ1) is 11.6.